The lowest BCUT2D eigenvalue weighted by molar-refractivity contribution is -0.142. The Kier molecular flexibility index (Phi) is 3.27. The number of aliphatic carboxylic acids is 1. The summed E-state index contributed by atoms with van der Waals surface area (Å²) >= 11 is 0. The first-order valence-electron chi connectivity index (χ1n) is 5.66. The van der Waals surface area contributed by atoms with Crippen molar-refractivity contribution in [3.63, 3.8) is 0 Å². The molecular weight excluding hydrogens is 239 g/mol. The number of aromatic nitrogens is 1. The van der Waals surface area contributed by atoms with E-state index in [-0.39, 0.29) is 17.5 Å². The van der Waals surface area contributed by atoms with Gasteiger partial charge < -0.3 is 10.0 Å². The number of pyridine rings is 1. The minimum absolute atomic E-state index is 0.195. The number of hydrogen-bond donors (Lipinski definition) is 1. The van der Waals surface area contributed by atoms with Gasteiger partial charge in [-0.05, 0) is 19.4 Å². The molecule has 0 aromatic carbocycles. The van der Waals surface area contributed by atoms with Crippen molar-refractivity contribution in [1.29, 1.82) is 0 Å². The Morgan fingerprint density at radius 1 is 1.56 bits per heavy atom. The number of hydrogen-bond acceptors (Lipinski definition) is 3. The minimum Gasteiger partial charge on any atom is -0.481 e. The van der Waals surface area contributed by atoms with Crippen molar-refractivity contribution in [2.75, 3.05) is 6.54 Å². The van der Waals surface area contributed by atoms with Crippen LogP contribution in [0.2, 0.25) is 0 Å². The van der Waals surface area contributed by atoms with Crippen LogP contribution in [-0.2, 0) is 4.79 Å². The van der Waals surface area contributed by atoms with E-state index in [0.717, 1.165) is 6.07 Å². The number of halogens is 1. The number of carbonyl (C=O) groups excluding carboxylic acids is 1. The van der Waals surface area contributed by atoms with Crippen LogP contribution < -0.4 is 0 Å². The monoisotopic (exact) mass is 252 g/mol. The number of rotatable bonds is 2. The van der Waals surface area contributed by atoms with Crippen molar-refractivity contribution >= 4 is 11.9 Å². The number of carboxylic acid groups (broad SMARTS) is 1. The van der Waals surface area contributed by atoms with Crippen molar-refractivity contribution in [3.8, 4) is 0 Å². The summed E-state index contributed by atoms with van der Waals surface area (Å²) in [6, 6.07) is 2.10. The molecule has 0 spiro atoms. The molecular formula is C12H13FN2O3. The molecule has 1 aliphatic heterocycles. The first-order chi connectivity index (χ1) is 8.50. The van der Waals surface area contributed by atoms with E-state index in [1.165, 1.54) is 17.2 Å². The fourth-order valence-electron chi connectivity index (χ4n) is 2.26. The lowest BCUT2D eigenvalue weighted by atomic mass is 10.0. The molecule has 0 bridgehead atoms. The zero-order chi connectivity index (χ0) is 13.3. The number of amides is 1. The van der Waals surface area contributed by atoms with E-state index in [1.54, 1.807) is 6.92 Å². The maximum absolute atomic E-state index is 12.9. The predicted molar refractivity (Wildman–Crippen MR) is 60.4 cm³/mol. The van der Waals surface area contributed by atoms with Crippen molar-refractivity contribution in [1.82, 2.24) is 9.88 Å². The first-order valence-corrected chi connectivity index (χ1v) is 5.66. The van der Waals surface area contributed by atoms with Gasteiger partial charge in [-0.25, -0.2) is 4.98 Å². The lowest BCUT2D eigenvalue weighted by Crippen LogP contribution is -2.37. The van der Waals surface area contributed by atoms with Gasteiger partial charge in [-0.15, -0.1) is 0 Å². The Morgan fingerprint density at radius 3 is 2.83 bits per heavy atom. The van der Waals surface area contributed by atoms with Gasteiger partial charge >= 0.3 is 5.97 Å². The predicted octanol–water partition coefficient (Wildman–Crippen LogP) is 1.16. The SMILES string of the molecule is CC1C(C(=O)O)CCN1C(=O)c1ccnc(F)c1. The van der Waals surface area contributed by atoms with E-state index in [2.05, 4.69) is 4.98 Å². The molecule has 0 aliphatic carbocycles. The molecule has 1 saturated heterocycles. The Labute approximate surface area is 103 Å². The molecule has 18 heavy (non-hydrogen) atoms. The van der Waals surface area contributed by atoms with Crippen LogP contribution in [0.5, 0.6) is 0 Å². The van der Waals surface area contributed by atoms with Gasteiger partial charge in [0.25, 0.3) is 5.91 Å². The second kappa shape index (κ2) is 4.72. The highest BCUT2D eigenvalue weighted by molar-refractivity contribution is 5.95. The molecule has 1 aromatic rings. The standard InChI is InChI=1S/C12H13FN2O3/c1-7-9(12(17)18)3-5-15(7)11(16)8-2-4-14-10(13)6-8/h2,4,6-7,9H,3,5H2,1H3,(H,17,18). The maximum atomic E-state index is 12.9. The average molecular weight is 252 g/mol. The smallest absolute Gasteiger partial charge is 0.308 e. The Bertz CT molecular complexity index is 492. The molecule has 2 atom stereocenters. The molecule has 2 unspecified atom stereocenters. The maximum Gasteiger partial charge on any atom is 0.308 e. The first kappa shape index (κ1) is 12.5. The summed E-state index contributed by atoms with van der Waals surface area (Å²) in [5.41, 5.74) is 0.195. The molecule has 1 N–H and O–H groups in total. The molecule has 0 saturated carbocycles. The third-order valence-electron chi connectivity index (χ3n) is 3.31. The lowest BCUT2D eigenvalue weighted by Gasteiger charge is -2.23. The summed E-state index contributed by atoms with van der Waals surface area (Å²) in [7, 11) is 0. The van der Waals surface area contributed by atoms with Crippen LogP contribution in [0.4, 0.5) is 4.39 Å². The van der Waals surface area contributed by atoms with Crippen molar-refractivity contribution in [2.24, 2.45) is 5.92 Å². The molecule has 96 valence electrons. The van der Waals surface area contributed by atoms with Crippen molar-refractivity contribution in [2.45, 2.75) is 19.4 Å². The number of likely N-dealkylation sites (tertiary alicyclic amines) is 1. The zero-order valence-electron chi connectivity index (χ0n) is 9.84. The van der Waals surface area contributed by atoms with E-state index in [4.69, 9.17) is 5.11 Å². The van der Waals surface area contributed by atoms with Crippen LogP contribution in [-0.4, -0.2) is 39.5 Å². The van der Waals surface area contributed by atoms with Crippen LogP contribution in [0.3, 0.4) is 0 Å². The number of nitrogens with zero attached hydrogens (tertiary/aromatic N) is 2. The molecule has 1 amide bonds. The summed E-state index contributed by atoms with van der Waals surface area (Å²) in [4.78, 5) is 27.9. The molecule has 1 fully saturated rings. The summed E-state index contributed by atoms with van der Waals surface area (Å²) in [5, 5.41) is 8.99. The molecule has 2 heterocycles. The summed E-state index contributed by atoms with van der Waals surface area (Å²) in [5.74, 6) is -2.53. The summed E-state index contributed by atoms with van der Waals surface area (Å²) in [6.45, 7) is 2.07. The highest BCUT2D eigenvalue weighted by Gasteiger charge is 2.38. The quantitative estimate of drug-likeness (QED) is 0.802. The minimum atomic E-state index is -0.904. The van der Waals surface area contributed by atoms with E-state index < -0.39 is 17.8 Å². The summed E-state index contributed by atoms with van der Waals surface area (Å²) < 4.78 is 12.9. The highest BCUT2D eigenvalue weighted by Crippen LogP contribution is 2.25. The van der Waals surface area contributed by atoms with Gasteiger partial charge in [0, 0.05) is 30.4 Å². The number of carbonyl (C=O) groups is 2. The van der Waals surface area contributed by atoms with E-state index in [9.17, 15) is 14.0 Å². The van der Waals surface area contributed by atoms with Crippen LogP contribution in [0, 0.1) is 11.9 Å². The third-order valence-corrected chi connectivity index (χ3v) is 3.31. The fourth-order valence-corrected chi connectivity index (χ4v) is 2.26. The van der Waals surface area contributed by atoms with Crippen LogP contribution in [0.1, 0.15) is 23.7 Å². The van der Waals surface area contributed by atoms with Gasteiger partial charge in [-0.3, -0.25) is 9.59 Å². The van der Waals surface area contributed by atoms with Crippen LogP contribution in [0.25, 0.3) is 0 Å². The largest absolute Gasteiger partial charge is 0.481 e. The molecule has 1 aliphatic rings. The van der Waals surface area contributed by atoms with Gasteiger partial charge in [-0.2, -0.15) is 4.39 Å². The van der Waals surface area contributed by atoms with Crippen molar-refractivity contribution in [3.05, 3.63) is 29.8 Å². The van der Waals surface area contributed by atoms with Crippen LogP contribution >= 0.6 is 0 Å². The fraction of sp³-hybridized carbons (Fsp3) is 0.417. The zero-order valence-corrected chi connectivity index (χ0v) is 9.84. The van der Waals surface area contributed by atoms with Gasteiger partial charge in [0.1, 0.15) is 0 Å². The second-order valence-electron chi connectivity index (χ2n) is 4.34. The summed E-state index contributed by atoms with van der Waals surface area (Å²) in [6.07, 6.45) is 1.65. The normalized spacial score (nSPS) is 23.1. The van der Waals surface area contributed by atoms with Crippen molar-refractivity contribution < 1.29 is 19.1 Å². The molecule has 0 radical (unpaired) electrons. The molecule has 1 aromatic heterocycles. The Morgan fingerprint density at radius 2 is 2.28 bits per heavy atom. The van der Waals surface area contributed by atoms with E-state index in [1.807, 2.05) is 0 Å². The van der Waals surface area contributed by atoms with E-state index >= 15 is 0 Å². The van der Waals surface area contributed by atoms with Gasteiger partial charge in [0.15, 0.2) is 0 Å². The van der Waals surface area contributed by atoms with Gasteiger partial charge in [0.05, 0.1) is 5.92 Å². The molecule has 5 nitrogen and oxygen atoms in total. The van der Waals surface area contributed by atoms with Crippen LogP contribution in [0.15, 0.2) is 18.3 Å². The molecule has 2 rings (SSSR count). The Hall–Kier alpha value is -1.98. The third kappa shape index (κ3) is 2.18. The topological polar surface area (TPSA) is 70.5 Å². The van der Waals surface area contributed by atoms with E-state index in [0.29, 0.717) is 13.0 Å². The highest BCUT2D eigenvalue weighted by atomic mass is 19.1. The molecule has 6 heteroatoms. The number of carboxylic acids is 1. The Balaban J connectivity index is 2.18. The second-order valence-corrected chi connectivity index (χ2v) is 4.34. The average Bonchev–Trinajstić information content (AvgIpc) is 2.70. The van der Waals surface area contributed by atoms with Gasteiger partial charge in [-0.1, -0.05) is 0 Å². The van der Waals surface area contributed by atoms with Gasteiger partial charge in [0.2, 0.25) is 5.95 Å².